The van der Waals surface area contributed by atoms with Gasteiger partial charge >= 0.3 is 0 Å². The Kier molecular flexibility index (Phi) is 5.62. The van der Waals surface area contributed by atoms with Gasteiger partial charge in [0.15, 0.2) is 0 Å². The lowest BCUT2D eigenvalue weighted by molar-refractivity contribution is -0.117. The van der Waals surface area contributed by atoms with Crippen molar-refractivity contribution in [3.8, 4) is 11.5 Å². The topological polar surface area (TPSA) is 93.7 Å². The summed E-state index contributed by atoms with van der Waals surface area (Å²) >= 11 is 1.29. The Balaban J connectivity index is 1.42. The second-order valence-corrected chi connectivity index (χ2v) is 7.74. The molecule has 1 saturated heterocycles. The molecule has 0 spiro atoms. The van der Waals surface area contributed by atoms with Crippen LogP contribution >= 0.6 is 11.3 Å². The Morgan fingerprint density at radius 1 is 1.03 bits per heavy atom. The van der Waals surface area contributed by atoms with Gasteiger partial charge in [0.2, 0.25) is 11.0 Å². The van der Waals surface area contributed by atoms with E-state index in [1.54, 1.807) is 43.4 Å². The molecule has 0 saturated carbocycles. The van der Waals surface area contributed by atoms with Crippen LogP contribution in [-0.2, 0) is 4.79 Å². The number of ether oxygens (including phenoxy) is 2. The van der Waals surface area contributed by atoms with Crippen molar-refractivity contribution < 1.29 is 19.1 Å². The van der Waals surface area contributed by atoms with Crippen LogP contribution in [-0.4, -0.2) is 42.8 Å². The first-order valence-electron chi connectivity index (χ1n) is 9.30. The third-order valence-electron chi connectivity index (χ3n) is 4.87. The van der Waals surface area contributed by atoms with E-state index < -0.39 is 0 Å². The van der Waals surface area contributed by atoms with E-state index in [4.69, 9.17) is 9.47 Å². The number of hydrogen-bond donors (Lipinski definition) is 1. The quantitative estimate of drug-likeness (QED) is 0.652. The second kappa shape index (κ2) is 8.50. The summed E-state index contributed by atoms with van der Waals surface area (Å²) in [5.74, 6) is 1.11. The van der Waals surface area contributed by atoms with Crippen LogP contribution < -0.4 is 19.7 Å². The van der Waals surface area contributed by atoms with E-state index >= 15 is 0 Å². The van der Waals surface area contributed by atoms with E-state index in [2.05, 4.69) is 15.5 Å². The van der Waals surface area contributed by atoms with E-state index in [-0.39, 0.29) is 17.7 Å². The van der Waals surface area contributed by atoms with Gasteiger partial charge in [-0.1, -0.05) is 11.3 Å². The van der Waals surface area contributed by atoms with Crippen LogP contribution in [0.15, 0.2) is 48.5 Å². The SMILES string of the molecule is COc1ccc(C(=O)Nc2nnc([C@H]3CC(=O)N(c4ccc(OC)cc4)C3)s2)cc1. The standard InChI is InChI=1S/C21H20N4O4S/c1-28-16-7-3-13(4-8-16)19(27)22-21-24-23-20(30-21)14-11-18(26)25(12-14)15-5-9-17(29-2)10-6-15/h3-10,14H,11-12H2,1-2H3,(H,22,24,27)/t14-/m0/s1. The summed E-state index contributed by atoms with van der Waals surface area (Å²) in [6, 6.07) is 14.2. The molecule has 2 aromatic carbocycles. The third kappa shape index (κ3) is 4.11. The fourth-order valence-electron chi connectivity index (χ4n) is 3.25. The number of hydrogen-bond acceptors (Lipinski definition) is 7. The number of anilines is 2. The van der Waals surface area contributed by atoms with Gasteiger partial charge < -0.3 is 14.4 Å². The monoisotopic (exact) mass is 424 g/mol. The minimum Gasteiger partial charge on any atom is -0.497 e. The van der Waals surface area contributed by atoms with E-state index in [0.29, 0.717) is 29.4 Å². The highest BCUT2D eigenvalue weighted by atomic mass is 32.1. The highest BCUT2D eigenvalue weighted by Crippen LogP contribution is 2.34. The first kappa shape index (κ1) is 19.8. The highest BCUT2D eigenvalue weighted by Gasteiger charge is 2.34. The summed E-state index contributed by atoms with van der Waals surface area (Å²) in [4.78, 5) is 26.6. The molecule has 154 valence electrons. The largest absolute Gasteiger partial charge is 0.497 e. The van der Waals surface area contributed by atoms with Crippen molar-refractivity contribution in [3.05, 3.63) is 59.1 Å². The van der Waals surface area contributed by atoms with Crippen LogP contribution in [0.2, 0.25) is 0 Å². The second-order valence-electron chi connectivity index (χ2n) is 6.73. The molecule has 1 atom stereocenters. The van der Waals surface area contributed by atoms with Crippen molar-refractivity contribution >= 4 is 34.0 Å². The van der Waals surface area contributed by atoms with Gasteiger partial charge in [0.1, 0.15) is 16.5 Å². The molecule has 0 radical (unpaired) electrons. The summed E-state index contributed by atoms with van der Waals surface area (Å²) in [6.45, 7) is 0.520. The number of rotatable bonds is 6. The number of carbonyl (C=O) groups excluding carboxylic acids is 2. The van der Waals surface area contributed by atoms with Crippen molar-refractivity contribution in [3.63, 3.8) is 0 Å². The van der Waals surface area contributed by atoms with Gasteiger partial charge in [0, 0.05) is 30.1 Å². The fourth-order valence-corrected chi connectivity index (χ4v) is 4.08. The fraction of sp³-hybridized carbons (Fsp3) is 0.238. The van der Waals surface area contributed by atoms with Gasteiger partial charge in [-0.3, -0.25) is 14.9 Å². The summed E-state index contributed by atoms with van der Waals surface area (Å²) in [6.07, 6.45) is 0.354. The smallest absolute Gasteiger partial charge is 0.257 e. The molecule has 0 aliphatic carbocycles. The van der Waals surface area contributed by atoms with E-state index in [1.165, 1.54) is 11.3 Å². The van der Waals surface area contributed by atoms with E-state index in [1.807, 2.05) is 24.3 Å². The summed E-state index contributed by atoms with van der Waals surface area (Å²) in [5.41, 5.74) is 1.31. The maximum absolute atomic E-state index is 12.5. The maximum Gasteiger partial charge on any atom is 0.257 e. The Hall–Kier alpha value is -3.46. The summed E-state index contributed by atoms with van der Waals surface area (Å²) in [7, 11) is 3.17. The van der Waals surface area contributed by atoms with Crippen LogP contribution in [0.3, 0.4) is 0 Å². The molecular formula is C21H20N4O4S. The Labute approximate surface area is 177 Å². The number of benzene rings is 2. The van der Waals surface area contributed by atoms with Gasteiger partial charge in [-0.15, -0.1) is 10.2 Å². The molecule has 1 aliphatic heterocycles. The van der Waals surface area contributed by atoms with Crippen molar-refractivity contribution in [2.45, 2.75) is 12.3 Å². The summed E-state index contributed by atoms with van der Waals surface area (Å²) < 4.78 is 10.3. The van der Waals surface area contributed by atoms with Crippen LogP contribution in [0.25, 0.3) is 0 Å². The zero-order chi connectivity index (χ0) is 21.1. The molecule has 3 aromatic rings. The van der Waals surface area contributed by atoms with Gasteiger partial charge in [-0.05, 0) is 48.5 Å². The lowest BCUT2D eigenvalue weighted by atomic mass is 10.1. The highest BCUT2D eigenvalue weighted by molar-refractivity contribution is 7.15. The molecule has 8 nitrogen and oxygen atoms in total. The molecule has 2 amide bonds. The Morgan fingerprint density at radius 2 is 1.67 bits per heavy atom. The molecule has 0 bridgehead atoms. The first-order chi connectivity index (χ1) is 14.6. The average Bonchev–Trinajstić information content (AvgIpc) is 3.40. The molecule has 4 rings (SSSR count). The van der Waals surface area contributed by atoms with Crippen molar-refractivity contribution in [1.29, 1.82) is 0 Å². The van der Waals surface area contributed by atoms with Gasteiger partial charge in [0.25, 0.3) is 5.91 Å². The molecule has 0 unspecified atom stereocenters. The normalized spacial score (nSPS) is 15.9. The first-order valence-corrected chi connectivity index (χ1v) is 10.1. The van der Waals surface area contributed by atoms with E-state index in [0.717, 1.165) is 16.4 Å². The maximum atomic E-state index is 12.5. The van der Waals surface area contributed by atoms with Gasteiger partial charge in [-0.25, -0.2) is 0 Å². The van der Waals surface area contributed by atoms with Gasteiger partial charge in [0.05, 0.1) is 14.2 Å². The Morgan fingerprint density at radius 3 is 2.30 bits per heavy atom. The molecule has 30 heavy (non-hydrogen) atoms. The number of amides is 2. The predicted octanol–water partition coefficient (Wildman–Crippen LogP) is 3.33. The zero-order valence-corrected chi connectivity index (χ0v) is 17.3. The third-order valence-corrected chi connectivity index (χ3v) is 5.87. The molecule has 1 N–H and O–H groups in total. The van der Waals surface area contributed by atoms with Crippen LogP contribution in [0.5, 0.6) is 11.5 Å². The van der Waals surface area contributed by atoms with Crippen molar-refractivity contribution in [2.24, 2.45) is 0 Å². The van der Waals surface area contributed by atoms with Crippen molar-refractivity contribution in [2.75, 3.05) is 31.0 Å². The lowest BCUT2D eigenvalue weighted by Gasteiger charge is -2.16. The van der Waals surface area contributed by atoms with Crippen LogP contribution in [0, 0.1) is 0 Å². The van der Waals surface area contributed by atoms with E-state index in [9.17, 15) is 9.59 Å². The molecule has 1 aromatic heterocycles. The lowest BCUT2D eigenvalue weighted by Crippen LogP contribution is -2.24. The Bertz CT molecular complexity index is 1050. The summed E-state index contributed by atoms with van der Waals surface area (Å²) in [5, 5.41) is 12.2. The average molecular weight is 424 g/mol. The van der Waals surface area contributed by atoms with Crippen LogP contribution in [0.1, 0.15) is 27.7 Å². The predicted molar refractivity (Wildman–Crippen MR) is 114 cm³/mol. The number of methoxy groups -OCH3 is 2. The molecular weight excluding hydrogens is 404 g/mol. The minimum absolute atomic E-state index is 0.0317. The number of nitrogens with one attached hydrogen (secondary N) is 1. The molecule has 1 aliphatic rings. The molecule has 9 heteroatoms. The number of aromatic nitrogens is 2. The van der Waals surface area contributed by atoms with Gasteiger partial charge in [-0.2, -0.15) is 0 Å². The number of nitrogens with zero attached hydrogens (tertiary/aromatic N) is 3. The van der Waals surface area contributed by atoms with Crippen molar-refractivity contribution in [1.82, 2.24) is 10.2 Å². The zero-order valence-electron chi connectivity index (χ0n) is 16.5. The molecule has 1 fully saturated rings. The minimum atomic E-state index is -0.275. The molecule has 2 heterocycles. The number of carbonyl (C=O) groups is 2. The van der Waals surface area contributed by atoms with Crippen LogP contribution in [0.4, 0.5) is 10.8 Å².